The molecular weight excluding hydrogens is 314 g/mol. The molecule has 0 heterocycles. The van der Waals surface area contributed by atoms with Crippen molar-refractivity contribution in [3.8, 4) is 0 Å². The van der Waals surface area contributed by atoms with Crippen molar-refractivity contribution in [2.45, 2.75) is 18.3 Å². The number of hydrogen-bond donors (Lipinski definition) is 1. The molecule has 0 saturated heterocycles. The Morgan fingerprint density at radius 1 is 0.731 bits per heavy atom. The van der Waals surface area contributed by atoms with Crippen LogP contribution < -0.4 is 5.73 Å². The SMILES string of the molecule is Nc1cccc2c1C(c1ccccc1)(c1ccccc1)C1=C2CCC=C1. The Bertz CT molecular complexity index is 987. The molecule has 2 N–H and O–H groups in total. The Morgan fingerprint density at radius 2 is 1.38 bits per heavy atom. The standard InChI is InChI=1S/C25H21N/c26-23-17-9-15-21-20-14-7-8-16-22(20)25(24(21)23,18-10-3-1-4-11-18)19-12-5-2-6-13-19/h1-6,8-13,15-17H,7,14,26H2. The van der Waals surface area contributed by atoms with Crippen LogP contribution in [0.25, 0.3) is 5.57 Å². The molecule has 0 spiro atoms. The van der Waals surface area contributed by atoms with Crippen LogP contribution in [0.1, 0.15) is 35.1 Å². The van der Waals surface area contributed by atoms with Crippen molar-refractivity contribution in [2.24, 2.45) is 0 Å². The van der Waals surface area contributed by atoms with Crippen molar-refractivity contribution in [1.29, 1.82) is 0 Å². The van der Waals surface area contributed by atoms with Gasteiger partial charge in [-0.25, -0.2) is 0 Å². The molecule has 0 radical (unpaired) electrons. The van der Waals surface area contributed by atoms with Crippen molar-refractivity contribution < 1.29 is 0 Å². The molecule has 2 aliphatic rings. The lowest BCUT2D eigenvalue weighted by molar-refractivity contribution is 0.759. The minimum absolute atomic E-state index is 0.338. The van der Waals surface area contributed by atoms with Crippen molar-refractivity contribution >= 4 is 11.3 Å². The van der Waals surface area contributed by atoms with Gasteiger partial charge in [0, 0.05) is 11.3 Å². The molecule has 0 saturated carbocycles. The van der Waals surface area contributed by atoms with Crippen LogP contribution in [0, 0.1) is 0 Å². The van der Waals surface area contributed by atoms with Gasteiger partial charge in [-0.05, 0) is 46.7 Å². The Hall–Kier alpha value is -3.06. The zero-order chi connectivity index (χ0) is 17.6. The fraction of sp³-hybridized carbons (Fsp3) is 0.120. The van der Waals surface area contributed by atoms with Gasteiger partial charge in [-0.15, -0.1) is 0 Å². The second kappa shape index (κ2) is 5.74. The minimum Gasteiger partial charge on any atom is -0.398 e. The fourth-order valence-electron chi connectivity index (χ4n) is 4.81. The Balaban J connectivity index is 1.97. The first-order chi connectivity index (χ1) is 12.8. The van der Waals surface area contributed by atoms with E-state index in [2.05, 4.69) is 84.9 Å². The lowest BCUT2D eigenvalue weighted by Gasteiger charge is -2.36. The maximum atomic E-state index is 6.63. The van der Waals surface area contributed by atoms with E-state index < -0.39 is 0 Å². The number of anilines is 1. The van der Waals surface area contributed by atoms with Gasteiger partial charge in [0.2, 0.25) is 0 Å². The highest BCUT2D eigenvalue weighted by atomic mass is 14.6. The summed E-state index contributed by atoms with van der Waals surface area (Å²) < 4.78 is 0. The molecule has 2 aliphatic carbocycles. The average Bonchev–Trinajstić information content (AvgIpc) is 3.02. The zero-order valence-corrected chi connectivity index (χ0v) is 14.7. The first-order valence-electron chi connectivity index (χ1n) is 9.24. The molecular formula is C25H21N. The van der Waals surface area contributed by atoms with Gasteiger partial charge < -0.3 is 5.73 Å². The molecule has 1 heteroatoms. The summed E-state index contributed by atoms with van der Waals surface area (Å²) in [6.45, 7) is 0. The highest BCUT2D eigenvalue weighted by Gasteiger charge is 2.48. The van der Waals surface area contributed by atoms with E-state index in [0.717, 1.165) is 18.5 Å². The van der Waals surface area contributed by atoms with E-state index in [-0.39, 0.29) is 5.41 Å². The van der Waals surface area contributed by atoms with E-state index in [1.165, 1.54) is 33.4 Å². The van der Waals surface area contributed by atoms with E-state index >= 15 is 0 Å². The van der Waals surface area contributed by atoms with E-state index in [9.17, 15) is 0 Å². The van der Waals surface area contributed by atoms with Crippen LogP contribution in [-0.4, -0.2) is 0 Å². The molecule has 0 fully saturated rings. The van der Waals surface area contributed by atoms with Gasteiger partial charge in [0.1, 0.15) is 0 Å². The molecule has 0 bridgehead atoms. The van der Waals surface area contributed by atoms with Gasteiger partial charge in [-0.2, -0.15) is 0 Å². The number of rotatable bonds is 2. The summed E-state index contributed by atoms with van der Waals surface area (Å²) in [5.41, 5.74) is 15.1. The average molecular weight is 335 g/mol. The summed E-state index contributed by atoms with van der Waals surface area (Å²) in [5, 5.41) is 0. The maximum absolute atomic E-state index is 6.63. The van der Waals surface area contributed by atoms with Crippen molar-refractivity contribution in [3.63, 3.8) is 0 Å². The van der Waals surface area contributed by atoms with Crippen molar-refractivity contribution in [3.05, 3.63) is 119 Å². The van der Waals surface area contributed by atoms with Gasteiger partial charge in [-0.3, -0.25) is 0 Å². The molecule has 26 heavy (non-hydrogen) atoms. The third-order valence-electron chi connectivity index (χ3n) is 5.79. The number of allylic oxidation sites excluding steroid dienone is 4. The predicted octanol–water partition coefficient (Wildman–Crippen LogP) is 5.72. The monoisotopic (exact) mass is 335 g/mol. The smallest absolute Gasteiger partial charge is 0.0730 e. The molecule has 0 aromatic heterocycles. The first-order valence-corrected chi connectivity index (χ1v) is 9.24. The van der Waals surface area contributed by atoms with Gasteiger partial charge in [0.25, 0.3) is 0 Å². The molecule has 0 atom stereocenters. The molecule has 3 aromatic rings. The van der Waals surface area contributed by atoms with E-state index in [1.807, 2.05) is 6.07 Å². The van der Waals surface area contributed by atoms with Crippen LogP contribution >= 0.6 is 0 Å². The summed E-state index contributed by atoms with van der Waals surface area (Å²) in [6.07, 6.45) is 6.80. The molecule has 0 unspecified atom stereocenters. The third-order valence-corrected chi connectivity index (χ3v) is 5.79. The summed E-state index contributed by atoms with van der Waals surface area (Å²) in [5.74, 6) is 0. The molecule has 5 rings (SSSR count). The van der Waals surface area contributed by atoms with Gasteiger partial charge >= 0.3 is 0 Å². The van der Waals surface area contributed by atoms with E-state index in [4.69, 9.17) is 5.73 Å². The van der Waals surface area contributed by atoms with Crippen LogP contribution in [0.5, 0.6) is 0 Å². The number of nitrogens with two attached hydrogens (primary N) is 1. The normalized spacial score (nSPS) is 17.1. The molecule has 0 aliphatic heterocycles. The summed E-state index contributed by atoms with van der Waals surface area (Å²) >= 11 is 0. The summed E-state index contributed by atoms with van der Waals surface area (Å²) in [4.78, 5) is 0. The van der Waals surface area contributed by atoms with Crippen molar-refractivity contribution in [2.75, 3.05) is 5.73 Å². The van der Waals surface area contributed by atoms with E-state index in [0.29, 0.717) is 0 Å². The maximum Gasteiger partial charge on any atom is 0.0730 e. The molecule has 3 aromatic carbocycles. The van der Waals surface area contributed by atoms with Crippen LogP contribution in [0.4, 0.5) is 5.69 Å². The van der Waals surface area contributed by atoms with Gasteiger partial charge in [-0.1, -0.05) is 84.9 Å². The second-order valence-corrected chi connectivity index (χ2v) is 7.09. The second-order valence-electron chi connectivity index (χ2n) is 7.09. The van der Waals surface area contributed by atoms with E-state index in [1.54, 1.807) is 0 Å². The predicted molar refractivity (Wildman–Crippen MR) is 109 cm³/mol. The lowest BCUT2D eigenvalue weighted by atomic mass is 9.66. The zero-order valence-electron chi connectivity index (χ0n) is 14.7. The highest BCUT2D eigenvalue weighted by Crippen LogP contribution is 2.58. The number of benzene rings is 3. The van der Waals surface area contributed by atoms with Crippen LogP contribution in [0.3, 0.4) is 0 Å². The minimum atomic E-state index is -0.338. The Kier molecular flexibility index (Phi) is 3.36. The van der Waals surface area contributed by atoms with Crippen LogP contribution in [0.2, 0.25) is 0 Å². The van der Waals surface area contributed by atoms with Gasteiger partial charge in [0.15, 0.2) is 0 Å². The summed E-state index contributed by atoms with van der Waals surface area (Å²) in [6, 6.07) is 28.0. The molecule has 126 valence electrons. The molecule has 1 nitrogen and oxygen atoms in total. The van der Waals surface area contributed by atoms with Gasteiger partial charge in [0.05, 0.1) is 5.41 Å². The number of hydrogen-bond acceptors (Lipinski definition) is 1. The number of fused-ring (bicyclic) bond motifs is 2. The number of nitrogen functional groups attached to an aromatic ring is 1. The largest absolute Gasteiger partial charge is 0.398 e. The van der Waals surface area contributed by atoms with Crippen LogP contribution in [0.15, 0.2) is 96.6 Å². The Labute approximate surface area is 154 Å². The summed E-state index contributed by atoms with van der Waals surface area (Å²) in [7, 11) is 0. The Morgan fingerprint density at radius 3 is 2.04 bits per heavy atom. The van der Waals surface area contributed by atoms with Crippen molar-refractivity contribution in [1.82, 2.24) is 0 Å². The topological polar surface area (TPSA) is 26.0 Å². The third kappa shape index (κ3) is 1.91. The lowest BCUT2D eigenvalue weighted by Crippen LogP contribution is -2.30. The first kappa shape index (κ1) is 15.2. The fourth-order valence-corrected chi connectivity index (χ4v) is 4.81. The quantitative estimate of drug-likeness (QED) is 0.595. The molecule has 0 amide bonds. The highest BCUT2D eigenvalue weighted by molar-refractivity contribution is 5.91. The van der Waals surface area contributed by atoms with Crippen LogP contribution in [-0.2, 0) is 5.41 Å².